The molecule has 0 fully saturated rings. The van der Waals surface area contributed by atoms with Gasteiger partial charge in [-0.15, -0.1) is 0 Å². The lowest BCUT2D eigenvalue weighted by molar-refractivity contribution is -0.385. The second-order valence-electron chi connectivity index (χ2n) is 3.19. The summed E-state index contributed by atoms with van der Waals surface area (Å²) in [7, 11) is 0. The van der Waals surface area contributed by atoms with Crippen LogP contribution in [0.25, 0.3) is 0 Å². The SMILES string of the molecule is NCC(=O)NCCc1ccccc1[N+](=O)[O-]. The molecule has 86 valence electrons. The number of hydrogen-bond acceptors (Lipinski definition) is 4. The highest BCUT2D eigenvalue weighted by molar-refractivity contribution is 5.77. The Kier molecular flexibility index (Phi) is 4.41. The van der Waals surface area contributed by atoms with E-state index in [1.807, 2.05) is 0 Å². The van der Waals surface area contributed by atoms with Crippen molar-refractivity contribution in [3.05, 3.63) is 39.9 Å². The van der Waals surface area contributed by atoms with E-state index in [2.05, 4.69) is 5.32 Å². The minimum absolute atomic E-state index is 0.0725. The van der Waals surface area contributed by atoms with E-state index in [9.17, 15) is 14.9 Å². The summed E-state index contributed by atoms with van der Waals surface area (Å²) in [5.74, 6) is -0.265. The molecule has 1 amide bonds. The van der Waals surface area contributed by atoms with Crippen molar-refractivity contribution in [3.8, 4) is 0 Å². The topological polar surface area (TPSA) is 98.3 Å². The molecule has 0 heterocycles. The lowest BCUT2D eigenvalue weighted by Gasteiger charge is -2.04. The Morgan fingerprint density at radius 3 is 2.75 bits per heavy atom. The van der Waals surface area contributed by atoms with Gasteiger partial charge in [-0.25, -0.2) is 0 Å². The Morgan fingerprint density at radius 2 is 2.12 bits per heavy atom. The molecule has 0 aliphatic carbocycles. The molecular formula is C10H13N3O3. The molecule has 0 saturated carbocycles. The fraction of sp³-hybridized carbons (Fsp3) is 0.300. The maximum absolute atomic E-state index is 10.9. The third-order valence-electron chi connectivity index (χ3n) is 2.09. The van der Waals surface area contributed by atoms with Gasteiger partial charge in [0.1, 0.15) is 0 Å². The molecule has 1 aromatic rings. The van der Waals surface area contributed by atoms with Crippen molar-refractivity contribution in [3.63, 3.8) is 0 Å². The molecule has 6 heteroatoms. The van der Waals surface area contributed by atoms with E-state index in [-0.39, 0.29) is 18.1 Å². The normalized spacial score (nSPS) is 9.81. The van der Waals surface area contributed by atoms with Gasteiger partial charge < -0.3 is 11.1 Å². The predicted octanol–water partition coefficient (Wildman–Crippen LogP) is 0.212. The van der Waals surface area contributed by atoms with Crippen LogP contribution >= 0.6 is 0 Å². The number of benzene rings is 1. The van der Waals surface area contributed by atoms with Crippen molar-refractivity contribution >= 4 is 11.6 Å². The molecule has 0 aliphatic heterocycles. The van der Waals surface area contributed by atoms with Gasteiger partial charge in [-0.2, -0.15) is 0 Å². The van der Waals surface area contributed by atoms with Crippen LogP contribution in [0.1, 0.15) is 5.56 Å². The average molecular weight is 223 g/mol. The molecule has 0 spiro atoms. The summed E-state index contributed by atoms with van der Waals surface area (Å²) in [6.07, 6.45) is 0.420. The largest absolute Gasteiger partial charge is 0.355 e. The molecule has 6 nitrogen and oxygen atoms in total. The number of nitro groups is 1. The van der Waals surface area contributed by atoms with Crippen LogP contribution < -0.4 is 11.1 Å². The highest BCUT2D eigenvalue weighted by Crippen LogP contribution is 2.17. The molecule has 0 bridgehead atoms. The van der Waals surface area contributed by atoms with Crippen LogP contribution in [0.3, 0.4) is 0 Å². The van der Waals surface area contributed by atoms with E-state index in [1.165, 1.54) is 6.07 Å². The molecule has 0 aliphatic rings. The van der Waals surface area contributed by atoms with E-state index < -0.39 is 4.92 Å². The van der Waals surface area contributed by atoms with E-state index >= 15 is 0 Å². The summed E-state index contributed by atoms with van der Waals surface area (Å²) in [5, 5.41) is 13.2. The van der Waals surface area contributed by atoms with E-state index in [0.29, 0.717) is 18.5 Å². The van der Waals surface area contributed by atoms with Crippen molar-refractivity contribution in [2.24, 2.45) is 5.73 Å². The number of nitrogens with zero attached hydrogens (tertiary/aromatic N) is 1. The number of hydrogen-bond donors (Lipinski definition) is 2. The Labute approximate surface area is 92.6 Å². The highest BCUT2D eigenvalue weighted by Gasteiger charge is 2.11. The van der Waals surface area contributed by atoms with Crippen LogP contribution in [0.4, 0.5) is 5.69 Å². The van der Waals surface area contributed by atoms with Gasteiger partial charge in [-0.3, -0.25) is 14.9 Å². The number of nitrogens with one attached hydrogen (secondary N) is 1. The van der Waals surface area contributed by atoms with Crippen LogP contribution in [0, 0.1) is 10.1 Å². The molecule has 0 aromatic heterocycles. The van der Waals surface area contributed by atoms with Gasteiger partial charge in [0.25, 0.3) is 5.69 Å². The standard InChI is InChI=1S/C10H13N3O3/c11-7-10(14)12-6-5-8-3-1-2-4-9(8)13(15)16/h1-4H,5-7,11H2,(H,12,14). The smallest absolute Gasteiger partial charge is 0.272 e. The first kappa shape index (κ1) is 12.1. The van der Waals surface area contributed by atoms with Crippen LogP contribution in [0.5, 0.6) is 0 Å². The number of nitro benzene ring substituents is 1. The Morgan fingerprint density at radius 1 is 1.44 bits per heavy atom. The summed E-state index contributed by atoms with van der Waals surface area (Å²) >= 11 is 0. The van der Waals surface area contributed by atoms with Gasteiger partial charge in [0.05, 0.1) is 11.5 Å². The maximum Gasteiger partial charge on any atom is 0.272 e. The maximum atomic E-state index is 10.9. The van der Waals surface area contributed by atoms with Crippen LogP contribution in [0.15, 0.2) is 24.3 Å². The minimum atomic E-state index is -0.430. The van der Waals surface area contributed by atoms with Crippen LogP contribution in [-0.2, 0) is 11.2 Å². The molecule has 16 heavy (non-hydrogen) atoms. The summed E-state index contributed by atoms with van der Waals surface area (Å²) in [4.78, 5) is 21.1. The fourth-order valence-corrected chi connectivity index (χ4v) is 1.31. The van der Waals surface area contributed by atoms with Gasteiger partial charge in [0.15, 0.2) is 0 Å². The zero-order valence-electron chi connectivity index (χ0n) is 8.68. The number of para-hydroxylation sites is 1. The van der Waals surface area contributed by atoms with E-state index in [4.69, 9.17) is 5.73 Å². The Hall–Kier alpha value is -1.95. The molecule has 1 aromatic carbocycles. The lowest BCUT2D eigenvalue weighted by Crippen LogP contribution is -2.31. The average Bonchev–Trinajstić information content (AvgIpc) is 2.29. The summed E-state index contributed by atoms with van der Waals surface area (Å²) < 4.78 is 0. The molecule has 0 unspecified atom stereocenters. The summed E-state index contributed by atoms with van der Waals surface area (Å²) in [5.41, 5.74) is 5.78. The van der Waals surface area contributed by atoms with Crippen molar-refractivity contribution < 1.29 is 9.72 Å². The summed E-state index contributed by atoms with van der Waals surface area (Å²) in [6.45, 7) is 0.276. The molecule has 0 radical (unpaired) electrons. The minimum Gasteiger partial charge on any atom is -0.355 e. The number of carbonyl (C=O) groups excluding carboxylic acids is 1. The molecule has 1 rings (SSSR count). The van der Waals surface area contributed by atoms with Gasteiger partial charge >= 0.3 is 0 Å². The molecule has 0 atom stereocenters. The predicted molar refractivity (Wildman–Crippen MR) is 58.9 cm³/mol. The lowest BCUT2D eigenvalue weighted by atomic mass is 10.1. The monoisotopic (exact) mass is 223 g/mol. The zero-order chi connectivity index (χ0) is 12.0. The highest BCUT2D eigenvalue weighted by atomic mass is 16.6. The van der Waals surface area contributed by atoms with Gasteiger partial charge in [-0.1, -0.05) is 18.2 Å². The van der Waals surface area contributed by atoms with Crippen molar-refractivity contribution in [1.82, 2.24) is 5.32 Å². The van der Waals surface area contributed by atoms with Gasteiger partial charge in [0.2, 0.25) is 5.91 Å². The molecule has 0 saturated heterocycles. The molecule has 3 N–H and O–H groups in total. The van der Waals surface area contributed by atoms with Crippen molar-refractivity contribution in [2.75, 3.05) is 13.1 Å². The third-order valence-corrected chi connectivity index (χ3v) is 2.09. The first-order valence-electron chi connectivity index (χ1n) is 4.84. The quantitative estimate of drug-likeness (QED) is 0.550. The van der Waals surface area contributed by atoms with Crippen LogP contribution in [0.2, 0.25) is 0 Å². The number of amides is 1. The second kappa shape index (κ2) is 5.82. The van der Waals surface area contributed by atoms with Crippen molar-refractivity contribution in [2.45, 2.75) is 6.42 Å². The zero-order valence-corrected chi connectivity index (χ0v) is 8.68. The first-order chi connectivity index (χ1) is 7.65. The van der Waals surface area contributed by atoms with Gasteiger partial charge in [-0.05, 0) is 6.42 Å². The molecular weight excluding hydrogens is 210 g/mol. The fourth-order valence-electron chi connectivity index (χ4n) is 1.31. The van der Waals surface area contributed by atoms with E-state index in [0.717, 1.165) is 0 Å². The third kappa shape index (κ3) is 3.32. The number of carbonyl (C=O) groups is 1. The Balaban J connectivity index is 2.60. The number of nitrogens with two attached hydrogens (primary N) is 1. The first-order valence-corrected chi connectivity index (χ1v) is 4.84. The summed E-state index contributed by atoms with van der Waals surface area (Å²) in [6, 6.07) is 6.46. The van der Waals surface area contributed by atoms with Gasteiger partial charge in [0, 0.05) is 18.2 Å². The van der Waals surface area contributed by atoms with E-state index in [1.54, 1.807) is 18.2 Å². The van der Waals surface area contributed by atoms with Crippen molar-refractivity contribution in [1.29, 1.82) is 0 Å². The second-order valence-corrected chi connectivity index (χ2v) is 3.19. The van der Waals surface area contributed by atoms with Crippen LogP contribution in [-0.4, -0.2) is 23.9 Å². The number of rotatable bonds is 5. The Bertz CT molecular complexity index is 393.